The van der Waals surface area contributed by atoms with E-state index in [1.807, 2.05) is 0 Å². The van der Waals surface area contributed by atoms with Gasteiger partial charge in [-0.25, -0.2) is 4.39 Å². The molecule has 1 nitrogen and oxygen atoms in total. The Bertz CT molecular complexity index is 426. The first-order valence-electron chi connectivity index (χ1n) is 4.76. The summed E-state index contributed by atoms with van der Waals surface area (Å²) in [6.07, 6.45) is -4.80. The molecule has 0 aliphatic carbocycles. The zero-order valence-corrected chi connectivity index (χ0v) is 12.6. The van der Waals surface area contributed by atoms with Gasteiger partial charge in [-0.1, -0.05) is 19.6 Å². The van der Waals surface area contributed by atoms with Gasteiger partial charge in [-0.15, -0.1) is 13.2 Å². The molecule has 1 rings (SSSR count). The maximum absolute atomic E-state index is 13.7. The van der Waals surface area contributed by atoms with E-state index in [4.69, 9.17) is 0 Å². The molecule has 0 N–H and O–H groups in total. The monoisotopic (exact) mass is 378 g/mol. The van der Waals surface area contributed by atoms with E-state index in [9.17, 15) is 17.6 Å². The number of ether oxygens (including phenoxy) is 1. The zero-order chi connectivity index (χ0) is 13.4. The first-order valence-corrected chi connectivity index (χ1v) is 9.34. The van der Waals surface area contributed by atoms with Crippen LogP contribution in [-0.2, 0) is 0 Å². The van der Waals surface area contributed by atoms with Crippen molar-refractivity contribution in [2.24, 2.45) is 0 Å². The molecule has 0 aliphatic rings. The molecule has 0 saturated carbocycles. The number of rotatable bonds is 2. The van der Waals surface area contributed by atoms with E-state index in [0.717, 1.165) is 0 Å². The van der Waals surface area contributed by atoms with Crippen molar-refractivity contribution in [3.63, 3.8) is 0 Å². The number of alkyl halides is 3. The Hall–Kier alpha value is -0.313. The summed E-state index contributed by atoms with van der Waals surface area (Å²) in [5.41, 5.74) is 0. The van der Waals surface area contributed by atoms with Gasteiger partial charge in [0.2, 0.25) is 0 Å². The van der Waals surface area contributed by atoms with Crippen LogP contribution in [0.2, 0.25) is 19.6 Å². The second kappa shape index (κ2) is 4.75. The van der Waals surface area contributed by atoms with Crippen molar-refractivity contribution in [1.29, 1.82) is 0 Å². The summed E-state index contributed by atoms with van der Waals surface area (Å²) in [6.45, 7) is 5.31. The summed E-state index contributed by atoms with van der Waals surface area (Å²) in [5, 5.41) is 0.0710. The van der Waals surface area contributed by atoms with Gasteiger partial charge in [-0.2, -0.15) is 0 Å². The quantitative estimate of drug-likeness (QED) is 0.431. The van der Waals surface area contributed by atoms with Crippen LogP contribution in [0.4, 0.5) is 17.6 Å². The molecule has 7 heteroatoms. The summed E-state index contributed by atoms with van der Waals surface area (Å²) < 4.78 is 54.8. The third-order valence-electron chi connectivity index (χ3n) is 2.03. The first kappa shape index (κ1) is 14.7. The molecule has 0 unspecified atom stereocenters. The van der Waals surface area contributed by atoms with E-state index in [1.165, 1.54) is 12.1 Å². The van der Waals surface area contributed by atoms with Crippen LogP contribution in [0.25, 0.3) is 0 Å². The van der Waals surface area contributed by atoms with Crippen LogP contribution in [0.1, 0.15) is 0 Å². The smallest absolute Gasteiger partial charge is 0.405 e. The molecule has 0 heterocycles. The Balaban J connectivity index is 3.41. The Morgan fingerprint density at radius 3 is 2.12 bits per heavy atom. The molecule has 0 bridgehead atoms. The third-order valence-corrected chi connectivity index (χ3v) is 4.84. The highest BCUT2D eigenvalue weighted by Crippen LogP contribution is 2.29. The minimum atomic E-state index is -4.80. The van der Waals surface area contributed by atoms with Gasteiger partial charge in [-0.3, -0.25) is 0 Å². The van der Waals surface area contributed by atoms with Gasteiger partial charge in [0, 0.05) is 5.19 Å². The van der Waals surface area contributed by atoms with E-state index >= 15 is 0 Å². The molecular weight excluding hydrogens is 367 g/mol. The van der Waals surface area contributed by atoms with Gasteiger partial charge in [0.1, 0.15) is 11.6 Å². The average Bonchev–Trinajstić information content (AvgIpc) is 2.06. The van der Waals surface area contributed by atoms with Crippen LogP contribution in [-0.4, -0.2) is 14.4 Å². The van der Waals surface area contributed by atoms with Crippen LogP contribution in [0.15, 0.2) is 12.1 Å². The lowest BCUT2D eigenvalue weighted by Gasteiger charge is -2.23. The summed E-state index contributed by atoms with van der Waals surface area (Å²) in [4.78, 5) is 0. The molecule has 0 saturated heterocycles. The number of benzene rings is 1. The lowest BCUT2D eigenvalue weighted by Crippen LogP contribution is -2.42. The zero-order valence-electron chi connectivity index (χ0n) is 9.45. The van der Waals surface area contributed by atoms with Crippen LogP contribution in [0.3, 0.4) is 0 Å². The molecule has 0 fully saturated rings. The van der Waals surface area contributed by atoms with Crippen molar-refractivity contribution in [3.8, 4) is 5.75 Å². The van der Waals surface area contributed by atoms with Crippen molar-refractivity contribution in [3.05, 3.63) is 21.5 Å². The number of halogens is 5. The second-order valence-corrected chi connectivity index (χ2v) is 10.7. The molecule has 1 aromatic carbocycles. The molecule has 0 aliphatic heterocycles. The Morgan fingerprint density at radius 1 is 1.18 bits per heavy atom. The molecule has 0 spiro atoms. The lowest BCUT2D eigenvalue weighted by atomic mass is 10.3. The minimum absolute atomic E-state index is 0.0710. The van der Waals surface area contributed by atoms with Crippen LogP contribution < -0.4 is 9.92 Å². The van der Waals surface area contributed by atoms with Crippen molar-refractivity contribution in [1.82, 2.24) is 0 Å². The largest absolute Gasteiger partial charge is 0.573 e. The van der Waals surface area contributed by atoms with Crippen molar-refractivity contribution < 1.29 is 22.3 Å². The fraction of sp³-hybridized carbons (Fsp3) is 0.400. The highest BCUT2D eigenvalue weighted by atomic mass is 127. The highest BCUT2D eigenvalue weighted by molar-refractivity contribution is 14.1. The molecular formula is C10H11F4IOSi. The summed E-state index contributed by atoms with van der Waals surface area (Å²) in [5.74, 6) is -1.03. The van der Waals surface area contributed by atoms with E-state index in [-0.39, 0.29) is 8.76 Å². The molecule has 0 radical (unpaired) electrons. The van der Waals surface area contributed by atoms with Crippen molar-refractivity contribution in [2.75, 3.05) is 0 Å². The Morgan fingerprint density at radius 2 is 1.71 bits per heavy atom. The summed E-state index contributed by atoms with van der Waals surface area (Å²) in [7, 11) is -2.26. The molecule has 1 aromatic rings. The molecule has 17 heavy (non-hydrogen) atoms. The highest BCUT2D eigenvalue weighted by Gasteiger charge is 2.36. The standard InChI is InChI=1S/C10H11F4IOSi/c1-17(2,3)9-6(11)4-5-7(15)8(9)16-10(12,13)14/h4-5H,1-3H3. The predicted octanol–water partition coefficient (Wildman–Crippen LogP) is 3.87. The first-order chi connectivity index (χ1) is 7.52. The van der Waals surface area contributed by atoms with Gasteiger partial charge in [0.05, 0.1) is 11.6 Å². The van der Waals surface area contributed by atoms with Gasteiger partial charge >= 0.3 is 6.36 Å². The third kappa shape index (κ3) is 3.83. The molecule has 96 valence electrons. The SMILES string of the molecule is C[Si](C)(C)c1c(F)ccc(I)c1OC(F)(F)F. The summed E-state index contributed by atoms with van der Waals surface area (Å²) in [6, 6.07) is 2.46. The maximum Gasteiger partial charge on any atom is 0.573 e. The Kier molecular flexibility index (Phi) is 4.12. The van der Waals surface area contributed by atoms with Gasteiger partial charge in [0.15, 0.2) is 0 Å². The second-order valence-electron chi connectivity index (χ2n) is 4.53. The van der Waals surface area contributed by atoms with Crippen molar-refractivity contribution >= 4 is 35.9 Å². The Labute approximate surface area is 111 Å². The number of hydrogen-bond acceptors (Lipinski definition) is 1. The lowest BCUT2D eigenvalue weighted by molar-refractivity contribution is -0.274. The van der Waals surface area contributed by atoms with E-state index in [1.54, 1.807) is 42.2 Å². The van der Waals surface area contributed by atoms with Gasteiger partial charge < -0.3 is 4.74 Å². The molecule has 0 amide bonds. The normalized spacial score (nSPS) is 12.7. The van der Waals surface area contributed by atoms with Crippen LogP contribution in [0.5, 0.6) is 5.75 Å². The van der Waals surface area contributed by atoms with E-state index in [2.05, 4.69) is 4.74 Å². The van der Waals surface area contributed by atoms with Crippen molar-refractivity contribution in [2.45, 2.75) is 26.0 Å². The topological polar surface area (TPSA) is 9.23 Å². The van der Waals surface area contributed by atoms with Gasteiger partial charge in [0.25, 0.3) is 0 Å². The fourth-order valence-electron chi connectivity index (χ4n) is 1.45. The maximum atomic E-state index is 13.7. The van der Waals surface area contributed by atoms with E-state index in [0.29, 0.717) is 0 Å². The molecule has 0 aromatic heterocycles. The summed E-state index contributed by atoms with van der Waals surface area (Å²) >= 11 is 1.71. The average molecular weight is 378 g/mol. The van der Waals surface area contributed by atoms with Crippen LogP contribution in [0, 0.1) is 9.39 Å². The van der Waals surface area contributed by atoms with E-state index < -0.39 is 26.0 Å². The fourth-order valence-corrected chi connectivity index (χ4v) is 3.93. The predicted molar refractivity (Wildman–Crippen MR) is 68.8 cm³/mol. The molecule has 0 atom stereocenters. The number of hydrogen-bond donors (Lipinski definition) is 0. The van der Waals surface area contributed by atoms with Gasteiger partial charge in [-0.05, 0) is 34.7 Å². The van der Waals surface area contributed by atoms with Crippen LogP contribution >= 0.6 is 22.6 Å². The minimum Gasteiger partial charge on any atom is -0.405 e.